The predicted molar refractivity (Wildman–Crippen MR) is 66.3 cm³/mol. The summed E-state index contributed by atoms with van der Waals surface area (Å²) in [5.41, 5.74) is 9.13. The minimum Gasteiger partial charge on any atom is -0.424 e. The van der Waals surface area contributed by atoms with Crippen LogP contribution in [0.2, 0.25) is 0 Å². The van der Waals surface area contributed by atoms with E-state index in [4.69, 9.17) is 10.2 Å². The second kappa shape index (κ2) is 4.26. The van der Waals surface area contributed by atoms with E-state index in [0.717, 1.165) is 11.1 Å². The molecule has 3 N–H and O–H groups in total. The van der Waals surface area contributed by atoms with Crippen LogP contribution < -0.4 is 11.1 Å². The standard InChI is InChI=1S/C12H15N3O/c1-8(2)5-6-14-12-15-10-7-9(13)3-4-11(10)16-12/h3-5,7H,6,13H2,1-2H3,(H,14,15). The van der Waals surface area contributed by atoms with Crippen LogP contribution in [0.3, 0.4) is 0 Å². The molecule has 0 fully saturated rings. The molecule has 0 saturated heterocycles. The zero-order valence-corrected chi connectivity index (χ0v) is 9.45. The van der Waals surface area contributed by atoms with Crippen molar-refractivity contribution in [3.8, 4) is 0 Å². The van der Waals surface area contributed by atoms with E-state index in [2.05, 4.69) is 30.2 Å². The van der Waals surface area contributed by atoms with Crippen LogP contribution in [-0.2, 0) is 0 Å². The van der Waals surface area contributed by atoms with Gasteiger partial charge in [0.15, 0.2) is 5.58 Å². The molecule has 0 aliphatic heterocycles. The summed E-state index contributed by atoms with van der Waals surface area (Å²) in [6.45, 7) is 4.81. The Morgan fingerprint density at radius 3 is 3.06 bits per heavy atom. The number of nitrogens with zero attached hydrogens (tertiary/aromatic N) is 1. The van der Waals surface area contributed by atoms with Gasteiger partial charge in [-0.15, -0.1) is 0 Å². The fourth-order valence-corrected chi connectivity index (χ4v) is 1.36. The number of anilines is 2. The maximum atomic E-state index is 5.66. The molecule has 0 aliphatic rings. The van der Waals surface area contributed by atoms with Crippen LogP contribution in [0.25, 0.3) is 11.1 Å². The van der Waals surface area contributed by atoms with Gasteiger partial charge in [-0.1, -0.05) is 11.6 Å². The highest BCUT2D eigenvalue weighted by Gasteiger charge is 2.04. The van der Waals surface area contributed by atoms with Crippen molar-refractivity contribution in [1.82, 2.24) is 4.98 Å². The number of rotatable bonds is 3. The summed E-state index contributed by atoms with van der Waals surface area (Å²) in [5, 5.41) is 3.09. The number of fused-ring (bicyclic) bond motifs is 1. The van der Waals surface area contributed by atoms with Gasteiger partial charge in [0.05, 0.1) is 0 Å². The second-order valence-corrected chi connectivity index (χ2v) is 3.91. The molecule has 2 aromatic rings. The lowest BCUT2D eigenvalue weighted by Gasteiger charge is -1.95. The molecule has 0 spiro atoms. The molecule has 16 heavy (non-hydrogen) atoms. The Morgan fingerprint density at radius 2 is 2.31 bits per heavy atom. The molecule has 0 bridgehead atoms. The number of nitrogens with one attached hydrogen (secondary N) is 1. The van der Waals surface area contributed by atoms with Crippen molar-refractivity contribution in [3.05, 3.63) is 29.8 Å². The summed E-state index contributed by atoms with van der Waals surface area (Å²) in [6, 6.07) is 5.94. The van der Waals surface area contributed by atoms with Crippen molar-refractivity contribution in [2.75, 3.05) is 17.6 Å². The van der Waals surface area contributed by atoms with Crippen molar-refractivity contribution in [2.45, 2.75) is 13.8 Å². The lowest BCUT2D eigenvalue weighted by molar-refractivity contribution is 0.618. The summed E-state index contributed by atoms with van der Waals surface area (Å²) >= 11 is 0. The van der Waals surface area contributed by atoms with Crippen molar-refractivity contribution >= 4 is 22.8 Å². The van der Waals surface area contributed by atoms with Gasteiger partial charge < -0.3 is 15.5 Å². The third kappa shape index (κ3) is 2.34. The van der Waals surface area contributed by atoms with Crippen LogP contribution in [0.15, 0.2) is 34.3 Å². The maximum Gasteiger partial charge on any atom is 0.295 e. The average Bonchev–Trinajstić information content (AvgIpc) is 2.58. The second-order valence-electron chi connectivity index (χ2n) is 3.91. The van der Waals surface area contributed by atoms with Crippen LogP contribution in [0.5, 0.6) is 0 Å². The quantitative estimate of drug-likeness (QED) is 0.613. The molecule has 1 aromatic heterocycles. The molecule has 0 atom stereocenters. The lowest BCUT2D eigenvalue weighted by atomic mass is 10.3. The molecule has 4 heteroatoms. The number of nitrogens with two attached hydrogens (primary N) is 1. The van der Waals surface area contributed by atoms with Gasteiger partial charge in [-0.3, -0.25) is 0 Å². The van der Waals surface area contributed by atoms with E-state index in [9.17, 15) is 0 Å². The zero-order chi connectivity index (χ0) is 11.5. The highest BCUT2D eigenvalue weighted by Crippen LogP contribution is 2.20. The molecule has 0 amide bonds. The molecule has 1 aromatic carbocycles. The van der Waals surface area contributed by atoms with Gasteiger partial charge in [0.2, 0.25) is 0 Å². The van der Waals surface area contributed by atoms with Gasteiger partial charge in [0.25, 0.3) is 6.01 Å². The topological polar surface area (TPSA) is 64.1 Å². The predicted octanol–water partition coefficient (Wildman–Crippen LogP) is 2.79. The first-order valence-electron chi connectivity index (χ1n) is 5.18. The maximum absolute atomic E-state index is 5.66. The summed E-state index contributed by atoms with van der Waals surface area (Å²) in [7, 11) is 0. The highest BCUT2D eigenvalue weighted by molar-refractivity contribution is 5.78. The molecular formula is C12H15N3O. The molecule has 0 saturated carbocycles. The first-order valence-corrected chi connectivity index (χ1v) is 5.18. The van der Waals surface area contributed by atoms with Crippen LogP contribution in [0.1, 0.15) is 13.8 Å². The van der Waals surface area contributed by atoms with E-state index in [0.29, 0.717) is 18.2 Å². The van der Waals surface area contributed by atoms with Crippen LogP contribution >= 0.6 is 0 Å². The molecule has 2 rings (SSSR count). The Labute approximate surface area is 94.2 Å². The summed E-state index contributed by atoms with van der Waals surface area (Å²) in [6.07, 6.45) is 2.07. The number of hydrogen-bond acceptors (Lipinski definition) is 4. The first-order chi connectivity index (χ1) is 7.65. The molecule has 84 valence electrons. The third-order valence-corrected chi connectivity index (χ3v) is 2.18. The van der Waals surface area contributed by atoms with Crippen molar-refractivity contribution in [2.24, 2.45) is 0 Å². The van der Waals surface area contributed by atoms with Crippen LogP contribution in [-0.4, -0.2) is 11.5 Å². The van der Waals surface area contributed by atoms with Gasteiger partial charge >= 0.3 is 0 Å². The Morgan fingerprint density at radius 1 is 1.50 bits per heavy atom. The van der Waals surface area contributed by atoms with Gasteiger partial charge in [-0.25, -0.2) is 0 Å². The van der Waals surface area contributed by atoms with Gasteiger partial charge in [-0.05, 0) is 32.0 Å². The molecule has 0 unspecified atom stereocenters. The van der Waals surface area contributed by atoms with E-state index in [1.807, 2.05) is 6.07 Å². The van der Waals surface area contributed by atoms with Crippen LogP contribution in [0.4, 0.5) is 11.7 Å². The molecule has 0 aliphatic carbocycles. The SMILES string of the molecule is CC(C)=CCNc1nc2cc(N)ccc2o1. The third-order valence-electron chi connectivity index (χ3n) is 2.18. The highest BCUT2D eigenvalue weighted by atomic mass is 16.4. The minimum absolute atomic E-state index is 0.526. The Bertz CT molecular complexity index is 524. The van der Waals surface area contributed by atoms with Gasteiger partial charge in [0.1, 0.15) is 5.52 Å². The zero-order valence-electron chi connectivity index (χ0n) is 9.45. The summed E-state index contributed by atoms with van der Waals surface area (Å²) < 4.78 is 5.50. The fraction of sp³-hybridized carbons (Fsp3) is 0.250. The molecule has 1 heterocycles. The van der Waals surface area contributed by atoms with E-state index >= 15 is 0 Å². The van der Waals surface area contributed by atoms with Crippen molar-refractivity contribution < 1.29 is 4.42 Å². The smallest absolute Gasteiger partial charge is 0.295 e. The molecular weight excluding hydrogens is 202 g/mol. The minimum atomic E-state index is 0.526. The number of hydrogen-bond donors (Lipinski definition) is 2. The fourth-order valence-electron chi connectivity index (χ4n) is 1.36. The number of oxazole rings is 1. The average molecular weight is 217 g/mol. The van der Waals surface area contributed by atoms with Gasteiger partial charge in [0, 0.05) is 12.2 Å². The Balaban J connectivity index is 2.17. The normalized spacial score (nSPS) is 10.4. The Hall–Kier alpha value is -1.97. The summed E-state index contributed by atoms with van der Waals surface area (Å²) in [5.74, 6) is 0. The monoisotopic (exact) mass is 217 g/mol. The number of allylic oxidation sites excluding steroid dienone is 1. The molecule has 0 radical (unpaired) electrons. The van der Waals surface area contributed by atoms with E-state index in [1.165, 1.54) is 5.57 Å². The van der Waals surface area contributed by atoms with Crippen LogP contribution in [0, 0.1) is 0 Å². The van der Waals surface area contributed by atoms with E-state index in [-0.39, 0.29) is 0 Å². The molecule has 4 nitrogen and oxygen atoms in total. The van der Waals surface area contributed by atoms with Crippen molar-refractivity contribution in [3.63, 3.8) is 0 Å². The summed E-state index contributed by atoms with van der Waals surface area (Å²) in [4.78, 5) is 4.28. The Kier molecular flexibility index (Phi) is 2.81. The van der Waals surface area contributed by atoms with E-state index < -0.39 is 0 Å². The number of aromatic nitrogens is 1. The first kappa shape index (κ1) is 10.5. The number of benzene rings is 1. The van der Waals surface area contributed by atoms with Crippen molar-refractivity contribution in [1.29, 1.82) is 0 Å². The lowest BCUT2D eigenvalue weighted by Crippen LogP contribution is -1.98. The van der Waals surface area contributed by atoms with Gasteiger partial charge in [-0.2, -0.15) is 4.98 Å². The number of nitrogen functional groups attached to an aromatic ring is 1. The van der Waals surface area contributed by atoms with E-state index in [1.54, 1.807) is 12.1 Å². The largest absolute Gasteiger partial charge is 0.424 e.